The first kappa shape index (κ1) is 15.0. The Morgan fingerprint density at radius 3 is 2.61 bits per heavy atom. The molecule has 3 nitrogen and oxygen atoms in total. The van der Waals surface area contributed by atoms with Crippen molar-refractivity contribution in [2.45, 2.75) is 20.3 Å². The summed E-state index contributed by atoms with van der Waals surface area (Å²) >= 11 is 3.16. The molecule has 0 saturated heterocycles. The van der Waals surface area contributed by atoms with E-state index in [1.165, 1.54) is 0 Å². The first-order chi connectivity index (χ1) is 8.34. The second-order valence-electron chi connectivity index (χ2n) is 4.78. The molecule has 0 radical (unpaired) electrons. The van der Waals surface area contributed by atoms with Crippen molar-refractivity contribution in [3.63, 3.8) is 0 Å². The van der Waals surface area contributed by atoms with Crippen molar-refractivity contribution in [1.82, 2.24) is 0 Å². The largest absolute Gasteiger partial charge is 0.384 e. The highest BCUT2D eigenvalue weighted by Crippen LogP contribution is 2.29. The highest BCUT2D eigenvalue weighted by atomic mass is 79.9. The number of nitrogens with one attached hydrogen (secondary N) is 1. The average molecular weight is 316 g/mol. The summed E-state index contributed by atoms with van der Waals surface area (Å²) < 4.78 is 14.4. The van der Waals surface area contributed by atoms with Crippen molar-refractivity contribution in [1.29, 1.82) is 5.41 Å². The normalized spacial score (nSPS) is 10.8. The molecule has 5 heteroatoms. The van der Waals surface area contributed by atoms with Gasteiger partial charge in [-0.15, -0.1) is 0 Å². The molecule has 0 aliphatic heterocycles. The fourth-order valence-corrected chi connectivity index (χ4v) is 2.16. The van der Waals surface area contributed by atoms with E-state index in [4.69, 9.17) is 11.1 Å². The molecule has 0 heterocycles. The van der Waals surface area contributed by atoms with Gasteiger partial charge in [0.05, 0.1) is 10.2 Å². The molecule has 1 aromatic carbocycles. The van der Waals surface area contributed by atoms with Gasteiger partial charge in [0.2, 0.25) is 0 Å². The third-order valence-electron chi connectivity index (χ3n) is 2.81. The van der Waals surface area contributed by atoms with Crippen LogP contribution in [0.4, 0.5) is 10.1 Å². The Kier molecular flexibility index (Phi) is 5.14. The fourth-order valence-electron chi connectivity index (χ4n) is 1.61. The van der Waals surface area contributed by atoms with Gasteiger partial charge in [-0.25, -0.2) is 4.39 Å². The number of anilines is 1. The number of benzene rings is 1. The van der Waals surface area contributed by atoms with Crippen LogP contribution in [0.15, 0.2) is 16.6 Å². The van der Waals surface area contributed by atoms with Gasteiger partial charge in [-0.2, -0.15) is 0 Å². The molecule has 18 heavy (non-hydrogen) atoms. The van der Waals surface area contributed by atoms with Crippen LogP contribution in [0.1, 0.15) is 25.8 Å². The molecule has 0 saturated carbocycles. The predicted molar refractivity (Wildman–Crippen MR) is 77.8 cm³/mol. The Labute approximate surface area is 116 Å². The van der Waals surface area contributed by atoms with E-state index in [9.17, 15) is 4.39 Å². The van der Waals surface area contributed by atoms with Crippen molar-refractivity contribution >= 4 is 27.5 Å². The Bertz CT molecular complexity index is 446. The Balaban J connectivity index is 2.97. The monoisotopic (exact) mass is 315 g/mol. The molecule has 0 aromatic heterocycles. The van der Waals surface area contributed by atoms with Crippen LogP contribution in [0.2, 0.25) is 0 Å². The molecule has 0 unspecified atom stereocenters. The minimum atomic E-state index is -0.367. The maximum Gasteiger partial charge on any atom is 0.161 e. The van der Waals surface area contributed by atoms with Gasteiger partial charge in [0.25, 0.3) is 0 Å². The number of hydrogen-bond acceptors (Lipinski definition) is 2. The van der Waals surface area contributed by atoms with Crippen molar-refractivity contribution in [3.05, 3.63) is 28.0 Å². The smallest absolute Gasteiger partial charge is 0.161 e. The van der Waals surface area contributed by atoms with Gasteiger partial charge in [-0.3, -0.25) is 5.41 Å². The number of hydrogen-bond donors (Lipinski definition) is 2. The van der Waals surface area contributed by atoms with Crippen LogP contribution in [0.25, 0.3) is 0 Å². The predicted octanol–water partition coefficient (Wildman–Crippen LogP) is 3.35. The molecule has 0 fully saturated rings. The van der Waals surface area contributed by atoms with Crippen LogP contribution in [-0.4, -0.2) is 19.4 Å². The van der Waals surface area contributed by atoms with Crippen LogP contribution >= 0.6 is 15.9 Å². The summed E-state index contributed by atoms with van der Waals surface area (Å²) in [6.45, 7) is 5.07. The lowest BCUT2D eigenvalue weighted by atomic mass is 10.1. The highest BCUT2D eigenvalue weighted by molar-refractivity contribution is 9.10. The third-order valence-corrected chi connectivity index (χ3v) is 3.58. The van der Waals surface area contributed by atoms with Gasteiger partial charge in [0.1, 0.15) is 5.84 Å². The lowest BCUT2D eigenvalue weighted by Crippen LogP contribution is -2.22. The summed E-state index contributed by atoms with van der Waals surface area (Å²) in [6.07, 6.45) is 1.00. The van der Waals surface area contributed by atoms with E-state index >= 15 is 0 Å². The van der Waals surface area contributed by atoms with E-state index in [-0.39, 0.29) is 16.1 Å². The first-order valence-corrected chi connectivity index (χ1v) is 6.67. The summed E-state index contributed by atoms with van der Waals surface area (Å²) in [7, 11) is 1.86. The quantitative estimate of drug-likeness (QED) is 0.646. The van der Waals surface area contributed by atoms with Crippen LogP contribution < -0.4 is 10.6 Å². The van der Waals surface area contributed by atoms with E-state index in [0.717, 1.165) is 13.0 Å². The van der Waals surface area contributed by atoms with Gasteiger partial charge in [0.15, 0.2) is 5.82 Å². The van der Waals surface area contributed by atoms with E-state index in [1.54, 1.807) is 12.1 Å². The molecule has 0 aliphatic carbocycles. The summed E-state index contributed by atoms with van der Waals surface area (Å²) in [5.41, 5.74) is 6.28. The van der Waals surface area contributed by atoms with Crippen molar-refractivity contribution in [2.24, 2.45) is 11.7 Å². The number of nitrogen functional groups attached to an aromatic ring is 1. The molecule has 3 N–H and O–H groups in total. The summed E-state index contributed by atoms with van der Waals surface area (Å²) in [5, 5.41) is 7.36. The Hall–Kier alpha value is -1.10. The Morgan fingerprint density at radius 1 is 1.50 bits per heavy atom. The molecule has 0 atom stereocenters. The topological polar surface area (TPSA) is 53.1 Å². The lowest BCUT2D eigenvalue weighted by Gasteiger charge is -2.22. The van der Waals surface area contributed by atoms with Crippen LogP contribution in [-0.2, 0) is 0 Å². The molecule has 0 spiro atoms. The molecule has 0 amide bonds. The number of rotatable bonds is 5. The number of nitrogens with two attached hydrogens (primary N) is 1. The standard InChI is InChI=1S/C13H19BrFN3/c1-8(2)6-7-18(3)10-5-4-9(13(16)17)11(14)12(10)15/h4-5,8H,6-7H2,1-3H3,(H3,16,17). The van der Waals surface area contributed by atoms with Crippen LogP contribution in [0.5, 0.6) is 0 Å². The SMILES string of the molecule is CC(C)CCN(C)c1ccc(C(=N)N)c(Br)c1F. The van der Waals surface area contributed by atoms with E-state index in [0.29, 0.717) is 17.2 Å². The maximum atomic E-state index is 14.2. The van der Waals surface area contributed by atoms with Gasteiger partial charge in [0, 0.05) is 19.2 Å². The van der Waals surface area contributed by atoms with Crippen molar-refractivity contribution in [3.8, 4) is 0 Å². The average Bonchev–Trinajstić information content (AvgIpc) is 2.29. The molecule has 100 valence electrons. The second kappa shape index (κ2) is 6.18. The minimum absolute atomic E-state index is 0.142. The van der Waals surface area contributed by atoms with E-state index in [1.807, 2.05) is 11.9 Å². The van der Waals surface area contributed by atoms with Gasteiger partial charge in [-0.1, -0.05) is 13.8 Å². The van der Waals surface area contributed by atoms with Crippen LogP contribution in [0.3, 0.4) is 0 Å². The van der Waals surface area contributed by atoms with Crippen molar-refractivity contribution in [2.75, 3.05) is 18.5 Å². The van der Waals surface area contributed by atoms with Crippen LogP contribution in [0, 0.1) is 17.1 Å². The van der Waals surface area contributed by atoms with Gasteiger partial charge < -0.3 is 10.6 Å². The zero-order valence-electron chi connectivity index (χ0n) is 10.9. The summed E-state index contributed by atoms with van der Waals surface area (Å²) in [6, 6.07) is 3.33. The second-order valence-corrected chi connectivity index (χ2v) is 5.57. The zero-order valence-corrected chi connectivity index (χ0v) is 12.5. The molecule has 0 bridgehead atoms. The van der Waals surface area contributed by atoms with Gasteiger partial charge >= 0.3 is 0 Å². The third kappa shape index (κ3) is 3.45. The highest BCUT2D eigenvalue weighted by Gasteiger charge is 2.15. The van der Waals surface area contributed by atoms with Gasteiger partial charge in [-0.05, 0) is 40.4 Å². The minimum Gasteiger partial charge on any atom is -0.384 e. The zero-order chi connectivity index (χ0) is 13.9. The molecule has 1 aromatic rings. The Morgan fingerprint density at radius 2 is 2.11 bits per heavy atom. The molecule has 1 rings (SSSR count). The lowest BCUT2D eigenvalue weighted by molar-refractivity contribution is 0.573. The van der Waals surface area contributed by atoms with Crippen molar-refractivity contribution < 1.29 is 4.39 Å². The van der Waals surface area contributed by atoms with E-state index < -0.39 is 0 Å². The summed E-state index contributed by atoms with van der Waals surface area (Å²) in [4.78, 5) is 1.88. The number of amidine groups is 1. The summed E-state index contributed by atoms with van der Waals surface area (Å²) in [5.74, 6) is 0.0709. The number of halogens is 2. The molecule has 0 aliphatic rings. The molecular weight excluding hydrogens is 297 g/mol. The fraction of sp³-hybridized carbons (Fsp3) is 0.462. The maximum absolute atomic E-state index is 14.2. The first-order valence-electron chi connectivity index (χ1n) is 5.88. The molecular formula is C13H19BrFN3. The van der Waals surface area contributed by atoms with E-state index in [2.05, 4.69) is 29.8 Å². The number of nitrogens with zero attached hydrogens (tertiary/aromatic N) is 1.